The molecule has 1 saturated carbocycles. The van der Waals surface area contributed by atoms with Crippen LogP contribution in [0.2, 0.25) is 0 Å². The zero-order chi connectivity index (χ0) is 19.4. The van der Waals surface area contributed by atoms with Crippen LogP contribution in [0.25, 0.3) is 0 Å². The van der Waals surface area contributed by atoms with Gasteiger partial charge in [0, 0.05) is 0 Å². The fourth-order valence-electron chi connectivity index (χ4n) is 3.66. The van der Waals surface area contributed by atoms with Gasteiger partial charge >= 0.3 is 12.0 Å². The number of carbonyl (C=O) groups excluding carboxylic acids is 3. The lowest BCUT2D eigenvalue weighted by molar-refractivity contribution is -0.149. The first kappa shape index (κ1) is 19.1. The maximum atomic E-state index is 12.8. The van der Waals surface area contributed by atoms with Crippen molar-refractivity contribution >= 4 is 17.9 Å². The van der Waals surface area contributed by atoms with E-state index in [0.717, 1.165) is 24.2 Å². The van der Waals surface area contributed by atoms with Gasteiger partial charge in [-0.15, -0.1) is 0 Å². The number of urea groups is 1. The number of hydrogen-bond acceptors (Lipinski definition) is 5. The summed E-state index contributed by atoms with van der Waals surface area (Å²) < 4.78 is 23.2. The average molecular weight is 378 g/mol. The topological polar surface area (TPSA) is 84.9 Å². The number of halogens is 1. The molecule has 8 heteroatoms. The first-order valence-electron chi connectivity index (χ1n) is 9.10. The third-order valence-electron chi connectivity index (χ3n) is 5.22. The molecule has 0 aromatic heterocycles. The smallest absolute Gasteiger partial charge is 0.326 e. The van der Waals surface area contributed by atoms with Gasteiger partial charge in [0.15, 0.2) is 0 Å². The monoisotopic (exact) mass is 378 g/mol. The van der Waals surface area contributed by atoms with Gasteiger partial charge in [-0.25, -0.2) is 9.18 Å². The molecule has 1 aliphatic carbocycles. The Kier molecular flexibility index (Phi) is 5.62. The number of carbonyl (C=O) groups is 3. The Morgan fingerprint density at radius 2 is 2.00 bits per heavy atom. The Bertz CT molecular complexity index is 723. The van der Waals surface area contributed by atoms with Crippen LogP contribution in [0.3, 0.4) is 0 Å². The van der Waals surface area contributed by atoms with Crippen molar-refractivity contribution in [1.29, 1.82) is 0 Å². The summed E-state index contributed by atoms with van der Waals surface area (Å²) in [4.78, 5) is 37.9. The number of nitrogens with zero attached hydrogens (tertiary/aromatic N) is 1. The highest BCUT2D eigenvalue weighted by molar-refractivity contribution is 6.08. The Morgan fingerprint density at radius 1 is 1.26 bits per heavy atom. The van der Waals surface area contributed by atoms with Crippen LogP contribution < -0.4 is 10.1 Å². The van der Waals surface area contributed by atoms with E-state index in [0.29, 0.717) is 12.2 Å². The summed E-state index contributed by atoms with van der Waals surface area (Å²) in [5.41, 5.74) is -0.888. The third kappa shape index (κ3) is 4.04. The molecule has 0 radical (unpaired) electrons. The summed E-state index contributed by atoms with van der Waals surface area (Å²) in [5, 5.41) is 2.79. The molecule has 7 nitrogen and oxygen atoms in total. The number of rotatable bonds is 6. The molecule has 2 unspecified atom stereocenters. The summed E-state index contributed by atoms with van der Waals surface area (Å²) in [5.74, 6) is -0.907. The number of amides is 3. The molecule has 3 amide bonds. The second-order valence-electron chi connectivity index (χ2n) is 6.96. The Labute approximate surface area is 156 Å². The number of imide groups is 1. The molecular weight excluding hydrogens is 355 g/mol. The van der Waals surface area contributed by atoms with Crippen molar-refractivity contribution in [2.75, 3.05) is 19.8 Å². The predicted molar refractivity (Wildman–Crippen MR) is 93.5 cm³/mol. The van der Waals surface area contributed by atoms with Crippen molar-refractivity contribution in [3.63, 3.8) is 0 Å². The van der Waals surface area contributed by atoms with Crippen molar-refractivity contribution in [2.45, 2.75) is 38.1 Å². The number of benzene rings is 1. The molecule has 2 atom stereocenters. The number of ether oxygens (including phenoxy) is 2. The van der Waals surface area contributed by atoms with E-state index >= 15 is 0 Å². The van der Waals surface area contributed by atoms with Crippen LogP contribution in [0.4, 0.5) is 9.18 Å². The zero-order valence-corrected chi connectivity index (χ0v) is 15.2. The first-order chi connectivity index (χ1) is 12.9. The second kappa shape index (κ2) is 7.94. The minimum atomic E-state index is -0.888. The summed E-state index contributed by atoms with van der Waals surface area (Å²) >= 11 is 0. The van der Waals surface area contributed by atoms with Crippen LogP contribution in [0.15, 0.2) is 24.3 Å². The SMILES string of the molecule is CC1CCCCC12NC(=O)N(CC(=O)OCCOc1ccc(F)cc1)C2=O. The molecule has 1 spiro atoms. The molecule has 1 heterocycles. The number of hydrogen-bond donors (Lipinski definition) is 1. The van der Waals surface area contributed by atoms with Gasteiger partial charge < -0.3 is 14.8 Å². The van der Waals surface area contributed by atoms with E-state index in [1.807, 2.05) is 6.92 Å². The largest absolute Gasteiger partial charge is 0.490 e. The fraction of sp³-hybridized carbons (Fsp3) is 0.526. The van der Waals surface area contributed by atoms with Gasteiger partial charge in [0.25, 0.3) is 5.91 Å². The number of nitrogens with one attached hydrogen (secondary N) is 1. The van der Waals surface area contributed by atoms with Crippen LogP contribution in [-0.4, -0.2) is 48.1 Å². The molecule has 1 aromatic rings. The molecule has 1 aliphatic heterocycles. The van der Waals surface area contributed by atoms with Crippen molar-refractivity contribution in [1.82, 2.24) is 10.2 Å². The van der Waals surface area contributed by atoms with Gasteiger partial charge in [-0.3, -0.25) is 14.5 Å². The molecule has 1 aromatic carbocycles. The number of esters is 1. The fourth-order valence-corrected chi connectivity index (χ4v) is 3.66. The van der Waals surface area contributed by atoms with Gasteiger partial charge in [-0.1, -0.05) is 19.8 Å². The highest BCUT2D eigenvalue weighted by Crippen LogP contribution is 2.38. The molecule has 2 fully saturated rings. The van der Waals surface area contributed by atoms with Gasteiger partial charge in [0.2, 0.25) is 0 Å². The quantitative estimate of drug-likeness (QED) is 0.466. The first-order valence-corrected chi connectivity index (χ1v) is 9.10. The molecule has 27 heavy (non-hydrogen) atoms. The lowest BCUT2D eigenvalue weighted by Gasteiger charge is -2.36. The van der Waals surface area contributed by atoms with Crippen molar-refractivity contribution in [3.05, 3.63) is 30.1 Å². The Hall–Kier alpha value is -2.64. The Balaban J connectivity index is 1.47. The molecule has 3 rings (SSSR count). The molecule has 1 N–H and O–H groups in total. The highest BCUT2D eigenvalue weighted by Gasteiger charge is 2.55. The standard InChI is InChI=1S/C19H23FN2O5/c1-13-4-2-3-9-19(13)17(24)22(18(25)21-19)12-16(23)27-11-10-26-15-7-5-14(20)6-8-15/h5-8,13H,2-4,9-12H2,1H3,(H,21,25). The van der Waals surface area contributed by atoms with Crippen LogP contribution in [0.5, 0.6) is 5.75 Å². The summed E-state index contributed by atoms with van der Waals surface area (Å²) in [6.45, 7) is 1.57. The van der Waals surface area contributed by atoms with Crippen molar-refractivity contribution < 1.29 is 28.2 Å². The molecular formula is C19H23FN2O5. The summed E-state index contributed by atoms with van der Waals surface area (Å²) in [7, 11) is 0. The normalized spacial score (nSPS) is 24.8. The molecule has 2 aliphatic rings. The van der Waals surface area contributed by atoms with E-state index in [4.69, 9.17) is 9.47 Å². The average Bonchev–Trinajstić information content (AvgIpc) is 2.88. The van der Waals surface area contributed by atoms with E-state index in [2.05, 4.69) is 5.32 Å². The van der Waals surface area contributed by atoms with Crippen molar-refractivity contribution in [3.8, 4) is 5.75 Å². The van der Waals surface area contributed by atoms with E-state index in [1.165, 1.54) is 24.3 Å². The predicted octanol–water partition coefficient (Wildman–Crippen LogP) is 2.25. The maximum Gasteiger partial charge on any atom is 0.326 e. The minimum Gasteiger partial charge on any atom is -0.490 e. The van der Waals surface area contributed by atoms with Crippen LogP contribution >= 0.6 is 0 Å². The third-order valence-corrected chi connectivity index (χ3v) is 5.22. The zero-order valence-electron chi connectivity index (χ0n) is 15.2. The van der Waals surface area contributed by atoms with Crippen LogP contribution in [0, 0.1) is 11.7 Å². The van der Waals surface area contributed by atoms with Gasteiger partial charge in [-0.05, 0) is 43.0 Å². The van der Waals surface area contributed by atoms with Crippen LogP contribution in [-0.2, 0) is 14.3 Å². The van der Waals surface area contributed by atoms with E-state index in [-0.39, 0.29) is 30.9 Å². The van der Waals surface area contributed by atoms with Crippen molar-refractivity contribution in [2.24, 2.45) is 5.92 Å². The second-order valence-corrected chi connectivity index (χ2v) is 6.96. The summed E-state index contributed by atoms with van der Waals surface area (Å²) in [6.07, 6.45) is 3.36. The van der Waals surface area contributed by atoms with Gasteiger partial charge in [0.05, 0.1) is 0 Å². The maximum absolute atomic E-state index is 12.8. The lowest BCUT2D eigenvalue weighted by Crippen LogP contribution is -2.54. The lowest BCUT2D eigenvalue weighted by atomic mass is 9.73. The van der Waals surface area contributed by atoms with E-state index in [9.17, 15) is 18.8 Å². The van der Waals surface area contributed by atoms with Gasteiger partial charge in [0.1, 0.15) is 36.9 Å². The molecule has 1 saturated heterocycles. The minimum absolute atomic E-state index is 0.0350. The van der Waals surface area contributed by atoms with E-state index in [1.54, 1.807) is 0 Å². The Morgan fingerprint density at radius 3 is 2.70 bits per heavy atom. The molecule has 146 valence electrons. The van der Waals surface area contributed by atoms with E-state index < -0.39 is 24.1 Å². The van der Waals surface area contributed by atoms with Gasteiger partial charge in [-0.2, -0.15) is 0 Å². The highest BCUT2D eigenvalue weighted by atomic mass is 19.1. The summed E-state index contributed by atoms with van der Waals surface area (Å²) in [6, 6.07) is 4.92. The van der Waals surface area contributed by atoms with Crippen LogP contribution in [0.1, 0.15) is 32.6 Å². The molecule has 0 bridgehead atoms.